The molecule has 5 nitrogen and oxygen atoms in total. The maximum absolute atomic E-state index is 12.6. The lowest BCUT2D eigenvalue weighted by Gasteiger charge is -2.16. The van der Waals surface area contributed by atoms with E-state index in [9.17, 15) is 22.8 Å². The van der Waals surface area contributed by atoms with Gasteiger partial charge in [0, 0.05) is 11.3 Å². The van der Waals surface area contributed by atoms with Crippen LogP contribution in [0.3, 0.4) is 0 Å². The number of Topliss-reactive ketones (excluding diaryl/α,β-unsaturated/α-hetero) is 1. The van der Waals surface area contributed by atoms with Crippen molar-refractivity contribution in [3.63, 3.8) is 0 Å². The Kier molecular flexibility index (Phi) is 6.51. The Morgan fingerprint density at radius 3 is 2.56 bits per heavy atom. The number of hydrogen-bond donors (Lipinski definition) is 2. The van der Waals surface area contributed by atoms with Crippen molar-refractivity contribution < 1.29 is 27.5 Å². The number of carbonyl (C=O) groups excluding carboxylic acids is 2. The van der Waals surface area contributed by atoms with Crippen molar-refractivity contribution in [3.8, 4) is 5.75 Å². The molecule has 0 unspecified atom stereocenters. The van der Waals surface area contributed by atoms with Crippen LogP contribution in [0.2, 0.25) is 0 Å². The fourth-order valence-electron chi connectivity index (χ4n) is 2.87. The van der Waals surface area contributed by atoms with E-state index in [-0.39, 0.29) is 36.6 Å². The lowest BCUT2D eigenvalue weighted by molar-refractivity contribution is -0.166. The van der Waals surface area contributed by atoms with Gasteiger partial charge in [0.15, 0.2) is 6.61 Å². The second kappa shape index (κ2) is 8.45. The van der Waals surface area contributed by atoms with E-state index in [4.69, 9.17) is 4.74 Å². The van der Waals surface area contributed by atoms with Crippen molar-refractivity contribution in [1.82, 2.24) is 10.9 Å². The van der Waals surface area contributed by atoms with Crippen molar-refractivity contribution in [2.24, 2.45) is 0 Å². The van der Waals surface area contributed by atoms with Crippen molar-refractivity contribution in [2.75, 3.05) is 6.61 Å². The van der Waals surface area contributed by atoms with Crippen LogP contribution >= 0.6 is 0 Å². The smallest absolute Gasteiger partial charge is 0.454 e. The number of allylic oxidation sites excluding steroid dienone is 2. The summed E-state index contributed by atoms with van der Waals surface area (Å²) in [6.07, 6.45) is -4.19. The summed E-state index contributed by atoms with van der Waals surface area (Å²) < 4.78 is 43.4. The molecule has 0 aromatic heterocycles. The van der Waals surface area contributed by atoms with Crippen LogP contribution in [-0.4, -0.2) is 24.5 Å². The van der Waals surface area contributed by atoms with Crippen LogP contribution in [0.5, 0.6) is 5.75 Å². The van der Waals surface area contributed by atoms with E-state index >= 15 is 0 Å². The molecule has 27 heavy (non-hydrogen) atoms. The molecule has 0 fully saturated rings. The monoisotopic (exact) mass is 384 g/mol. The summed E-state index contributed by atoms with van der Waals surface area (Å²) in [6, 6.07) is 5.72. The third-order valence-electron chi connectivity index (χ3n) is 4.25. The van der Waals surface area contributed by atoms with Crippen LogP contribution in [0.25, 0.3) is 0 Å². The summed E-state index contributed by atoms with van der Waals surface area (Å²) in [5.74, 6) is -1.62. The van der Waals surface area contributed by atoms with E-state index in [0.29, 0.717) is 12.2 Å². The third kappa shape index (κ3) is 5.48. The number of hydrogen-bond acceptors (Lipinski definition) is 4. The molecular weight excluding hydrogens is 361 g/mol. The minimum atomic E-state index is -4.92. The minimum Gasteiger partial charge on any atom is -0.483 e. The number of alkyl halides is 3. The number of nitrogens with one attached hydrogen (secondary N) is 2. The first-order chi connectivity index (χ1) is 12.6. The molecule has 0 saturated carbocycles. The Balaban J connectivity index is 1.95. The average Bonchev–Trinajstić information content (AvgIpc) is 3.04. The van der Waals surface area contributed by atoms with E-state index < -0.39 is 17.9 Å². The largest absolute Gasteiger partial charge is 0.483 e. The lowest BCUT2D eigenvalue weighted by Crippen LogP contribution is -2.40. The molecule has 1 aromatic carbocycles. The zero-order valence-corrected chi connectivity index (χ0v) is 15.5. The maximum Gasteiger partial charge on any atom is 0.454 e. The summed E-state index contributed by atoms with van der Waals surface area (Å²) in [4.78, 5) is 23.4. The summed E-state index contributed by atoms with van der Waals surface area (Å²) >= 11 is 0. The number of amides is 1. The number of ketones is 1. The minimum absolute atomic E-state index is 0.0358. The fraction of sp³-hybridized carbons (Fsp3) is 0.474. The second-order valence-electron chi connectivity index (χ2n) is 6.80. The van der Waals surface area contributed by atoms with Gasteiger partial charge < -0.3 is 10.2 Å². The van der Waals surface area contributed by atoms with Gasteiger partial charge in [0.2, 0.25) is 0 Å². The first-order valence-electron chi connectivity index (χ1n) is 8.71. The third-order valence-corrected chi connectivity index (χ3v) is 4.25. The number of ether oxygens (including phenoxy) is 1. The molecule has 0 bridgehead atoms. The lowest BCUT2D eigenvalue weighted by atomic mass is 10.0. The van der Waals surface area contributed by atoms with Gasteiger partial charge in [-0.2, -0.15) is 13.2 Å². The van der Waals surface area contributed by atoms with Crippen molar-refractivity contribution in [1.29, 1.82) is 0 Å². The predicted molar refractivity (Wildman–Crippen MR) is 94.0 cm³/mol. The molecule has 0 spiro atoms. The highest BCUT2D eigenvalue weighted by atomic mass is 19.4. The van der Waals surface area contributed by atoms with Gasteiger partial charge in [0.05, 0.1) is 0 Å². The number of hydrazine groups is 1. The van der Waals surface area contributed by atoms with Crippen molar-refractivity contribution >= 4 is 11.7 Å². The van der Waals surface area contributed by atoms with Crippen LogP contribution in [0.4, 0.5) is 13.2 Å². The Morgan fingerprint density at radius 1 is 1.22 bits per heavy atom. The standard InChI is InChI=1S/C19H23F3N2O3/c1-11(2)13-8-7-12(3)9-16(13)27-10-17(25)24-23-15-6-4-5-14(15)18(26)19(20,21)22/h7-9,11,23H,4-6,10H2,1-3H3,(H,24,25). The molecule has 148 valence electrons. The molecule has 1 aliphatic carbocycles. The molecule has 0 heterocycles. The van der Waals surface area contributed by atoms with E-state index in [1.54, 1.807) is 0 Å². The molecule has 8 heteroatoms. The highest BCUT2D eigenvalue weighted by molar-refractivity contribution is 6.00. The van der Waals surface area contributed by atoms with Gasteiger partial charge in [-0.15, -0.1) is 0 Å². The number of rotatable bonds is 7. The first-order valence-corrected chi connectivity index (χ1v) is 8.71. The Bertz CT molecular complexity index is 755. The van der Waals surface area contributed by atoms with Crippen LogP contribution < -0.4 is 15.6 Å². The number of aryl methyl sites for hydroxylation is 1. The molecule has 1 aliphatic rings. The molecule has 0 saturated heterocycles. The molecule has 2 rings (SSSR count). The van der Waals surface area contributed by atoms with Crippen molar-refractivity contribution in [2.45, 2.75) is 52.1 Å². The zero-order valence-electron chi connectivity index (χ0n) is 15.5. The van der Waals surface area contributed by atoms with Crippen molar-refractivity contribution in [3.05, 3.63) is 40.6 Å². The van der Waals surface area contributed by atoms with Gasteiger partial charge >= 0.3 is 6.18 Å². The van der Waals surface area contributed by atoms with Gasteiger partial charge in [-0.05, 0) is 49.3 Å². The average molecular weight is 384 g/mol. The van der Waals surface area contributed by atoms with Gasteiger partial charge in [-0.1, -0.05) is 26.0 Å². The second-order valence-corrected chi connectivity index (χ2v) is 6.80. The van der Waals surface area contributed by atoms with E-state index in [1.165, 1.54) is 0 Å². The van der Waals surface area contributed by atoms with Crippen LogP contribution in [0.15, 0.2) is 29.5 Å². The van der Waals surface area contributed by atoms with Gasteiger partial charge in [0.1, 0.15) is 5.75 Å². The Labute approximate surface area is 155 Å². The number of carbonyl (C=O) groups is 2. The fourth-order valence-corrected chi connectivity index (χ4v) is 2.87. The molecule has 2 N–H and O–H groups in total. The van der Waals surface area contributed by atoms with Gasteiger partial charge in [0.25, 0.3) is 11.7 Å². The molecule has 1 amide bonds. The van der Waals surface area contributed by atoms with Crippen LogP contribution in [0.1, 0.15) is 50.2 Å². The Morgan fingerprint density at radius 2 is 1.93 bits per heavy atom. The molecular formula is C19H23F3N2O3. The predicted octanol–water partition coefficient (Wildman–Crippen LogP) is 3.69. The van der Waals surface area contributed by atoms with Crippen LogP contribution in [-0.2, 0) is 9.59 Å². The molecule has 0 atom stereocenters. The van der Waals surface area contributed by atoms with E-state index in [0.717, 1.165) is 11.1 Å². The summed E-state index contributed by atoms with van der Waals surface area (Å²) in [5.41, 5.74) is 6.47. The number of benzene rings is 1. The van der Waals surface area contributed by atoms with E-state index in [1.807, 2.05) is 39.0 Å². The quantitative estimate of drug-likeness (QED) is 0.704. The van der Waals surface area contributed by atoms with Gasteiger partial charge in [-0.3, -0.25) is 15.0 Å². The molecule has 1 aromatic rings. The highest BCUT2D eigenvalue weighted by Crippen LogP contribution is 2.31. The Hall–Kier alpha value is -2.51. The normalized spacial score (nSPS) is 14.5. The topological polar surface area (TPSA) is 67.4 Å². The number of halogens is 3. The molecule has 0 aliphatic heterocycles. The zero-order chi connectivity index (χ0) is 20.2. The SMILES string of the molecule is Cc1ccc(C(C)C)c(OCC(=O)NNC2=C(C(=O)C(F)(F)F)CCC2)c1. The summed E-state index contributed by atoms with van der Waals surface area (Å²) in [5, 5.41) is 0. The maximum atomic E-state index is 12.6. The summed E-state index contributed by atoms with van der Waals surface area (Å²) in [7, 11) is 0. The summed E-state index contributed by atoms with van der Waals surface area (Å²) in [6.45, 7) is 5.62. The van der Waals surface area contributed by atoms with Crippen LogP contribution in [0, 0.1) is 6.92 Å². The molecule has 0 radical (unpaired) electrons. The highest BCUT2D eigenvalue weighted by Gasteiger charge is 2.42. The van der Waals surface area contributed by atoms with Gasteiger partial charge in [-0.25, -0.2) is 0 Å². The first kappa shape index (κ1) is 20.8. The van der Waals surface area contributed by atoms with E-state index in [2.05, 4.69) is 10.9 Å².